The Hall–Kier alpha value is 0.128. The fraction of sp³-hybridized carbons (Fsp3) is 1.00. The molecule has 0 amide bonds. The van der Waals surface area contributed by atoms with Crippen LogP contribution in [0.4, 0.5) is 0 Å². The van der Waals surface area contributed by atoms with Crippen LogP contribution in [0.15, 0.2) is 0 Å². The van der Waals surface area contributed by atoms with E-state index in [9.17, 15) is 0 Å². The quantitative estimate of drug-likeness (QED) is 0.352. The standard InChI is InChI=1S/2C8H19N.Mo.4O/c2*1-2-3-4-5-6-7-8-9;;;;;/h2*2-9H2,1H3;;;;;/q;;;;;2*-1/p+2. The molecule has 0 aromatic rings. The third kappa shape index (κ3) is 60.9. The summed E-state index contributed by atoms with van der Waals surface area (Å²) in [6, 6.07) is 0. The second-order valence-electron chi connectivity index (χ2n) is 5.65. The molecule has 0 radical (unpaired) electrons. The van der Waals surface area contributed by atoms with Crippen LogP contribution < -0.4 is 19.0 Å². The minimum atomic E-state index is -6.02. The van der Waals surface area contributed by atoms with E-state index < -0.39 is 16.7 Å². The first kappa shape index (κ1) is 28.0. The van der Waals surface area contributed by atoms with E-state index in [-0.39, 0.29) is 0 Å². The van der Waals surface area contributed by atoms with E-state index in [4.69, 9.17) is 14.3 Å². The van der Waals surface area contributed by atoms with Crippen molar-refractivity contribution in [2.75, 3.05) is 13.1 Å². The molecule has 0 aromatic carbocycles. The number of rotatable bonds is 12. The molecule has 23 heavy (non-hydrogen) atoms. The van der Waals surface area contributed by atoms with Crippen LogP contribution in [-0.4, -0.2) is 13.1 Å². The second-order valence-corrected chi connectivity index (χ2v) is 7.66. The van der Waals surface area contributed by atoms with Crippen molar-refractivity contribution in [1.29, 1.82) is 0 Å². The molecule has 144 valence electrons. The molecule has 0 aliphatic heterocycles. The van der Waals surface area contributed by atoms with Gasteiger partial charge >= 0.3 is 31.1 Å². The zero-order valence-corrected chi connectivity index (χ0v) is 17.4. The van der Waals surface area contributed by atoms with Crippen LogP contribution in [0, 0.1) is 0 Å². The summed E-state index contributed by atoms with van der Waals surface area (Å²) in [6.07, 6.45) is 16.7. The summed E-state index contributed by atoms with van der Waals surface area (Å²) < 4.78 is 34.5. The zero-order chi connectivity index (χ0) is 18.4. The summed E-state index contributed by atoms with van der Waals surface area (Å²) in [7, 11) is 0. The predicted molar refractivity (Wildman–Crippen MR) is 83.6 cm³/mol. The van der Waals surface area contributed by atoms with E-state index in [0.29, 0.717) is 0 Å². The van der Waals surface area contributed by atoms with Gasteiger partial charge in [-0.2, -0.15) is 0 Å². The first-order valence-electron chi connectivity index (χ1n) is 9.08. The fourth-order valence-electron chi connectivity index (χ4n) is 1.91. The maximum absolute atomic E-state index is 8.63. The number of quaternary nitrogens is 2. The molecule has 0 saturated carbocycles. The van der Waals surface area contributed by atoms with Crippen LogP contribution in [0.25, 0.3) is 0 Å². The van der Waals surface area contributed by atoms with Gasteiger partial charge in [0.1, 0.15) is 0 Å². The molecule has 0 unspecified atom stereocenters. The van der Waals surface area contributed by atoms with Crippen LogP contribution >= 0.6 is 0 Å². The summed E-state index contributed by atoms with van der Waals surface area (Å²) in [6.45, 7) is 6.74. The van der Waals surface area contributed by atoms with E-state index in [1.807, 2.05) is 0 Å². The molecule has 7 heteroatoms. The van der Waals surface area contributed by atoms with E-state index in [1.165, 1.54) is 77.0 Å². The molecule has 6 nitrogen and oxygen atoms in total. The van der Waals surface area contributed by atoms with Gasteiger partial charge in [-0.15, -0.1) is 0 Å². The molecule has 0 aromatic heterocycles. The molecule has 0 saturated heterocycles. The molecule has 0 spiro atoms. The van der Waals surface area contributed by atoms with Crippen LogP contribution in [0.1, 0.15) is 90.9 Å². The topological polar surface area (TPSA) is 136 Å². The Bertz CT molecular complexity index is 252. The maximum atomic E-state index is 8.63. The molecular weight excluding hydrogens is 380 g/mol. The molecule has 0 bridgehead atoms. The van der Waals surface area contributed by atoms with E-state index in [2.05, 4.69) is 25.3 Å². The van der Waals surface area contributed by atoms with Crippen molar-refractivity contribution in [3.05, 3.63) is 0 Å². The van der Waals surface area contributed by atoms with Crippen LogP contribution in [0.5, 0.6) is 0 Å². The van der Waals surface area contributed by atoms with Crippen LogP contribution in [0.2, 0.25) is 0 Å². The summed E-state index contributed by atoms with van der Waals surface area (Å²) >= 11 is -6.02. The SMILES string of the molecule is CCCCCCCC[NH3+].CCCCCCCC[NH3+].[O]=[Mo](=[O])([O-])[O-]. The summed E-state index contributed by atoms with van der Waals surface area (Å²) in [4.78, 5) is 0. The number of unbranched alkanes of at least 4 members (excludes halogenated alkanes) is 10. The van der Waals surface area contributed by atoms with E-state index in [1.54, 1.807) is 0 Å². The Kier molecular flexibility index (Phi) is 29.6. The van der Waals surface area contributed by atoms with Gasteiger partial charge in [0.2, 0.25) is 0 Å². The van der Waals surface area contributed by atoms with Gasteiger partial charge in [-0.05, 0) is 25.7 Å². The van der Waals surface area contributed by atoms with Gasteiger partial charge < -0.3 is 11.5 Å². The number of hydrogen-bond acceptors (Lipinski definition) is 4. The molecule has 0 fully saturated rings. The molecular formula is C16H40MoN2O4. The van der Waals surface area contributed by atoms with Gasteiger partial charge in [-0.1, -0.05) is 65.2 Å². The zero-order valence-electron chi connectivity index (χ0n) is 15.4. The van der Waals surface area contributed by atoms with Crippen molar-refractivity contribution in [3.63, 3.8) is 0 Å². The van der Waals surface area contributed by atoms with Gasteiger partial charge in [0, 0.05) is 0 Å². The molecule has 0 atom stereocenters. The van der Waals surface area contributed by atoms with Gasteiger partial charge in [0.05, 0.1) is 13.1 Å². The number of hydrogen-bond donors (Lipinski definition) is 2. The summed E-state index contributed by atoms with van der Waals surface area (Å²) in [5, 5.41) is 0. The molecule has 0 heterocycles. The van der Waals surface area contributed by atoms with Crippen molar-refractivity contribution < 1.29 is 42.5 Å². The molecule has 6 N–H and O–H groups in total. The van der Waals surface area contributed by atoms with Crippen molar-refractivity contribution in [3.8, 4) is 0 Å². The van der Waals surface area contributed by atoms with Crippen molar-refractivity contribution in [2.45, 2.75) is 90.9 Å². The van der Waals surface area contributed by atoms with E-state index in [0.717, 1.165) is 13.1 Å². The first-order valence-corrected chi connectivity index (χ1v) is 12.4. The Balaban J connectivity index is -0.000000273. The monoisotopic (exact) mass is 422 g/mol. The predicted octanol–water partition coefficient (Wildman–Crippen LogP) is 0.560. The van der Waals surface area contributed by atoms with Crippen LogP contribution in [-0.2, 0) is 23.5 Å². The Labute approximate surface area is 146 Å². The second kappa shape index (κ2) is 24.4. The Morgan fingerprint density at radius 2 is 0.826 bits per heavy atom. The molecule has 0 rings (SSSR count). The summed E-state index contributed by atoms with van der Waals surface area (Å²) in [5.41, 5.74) is 7.61. The Morgan fingerprint density at radius 3 is 1.04 bits per heavy atom. The third-order valence-electron chi connectivity index (χ3n) is 3.21. The molecule has 0 aliphatic rings. The average Bonchev–Trinajstić information content (AvgIpc) is 2.46. The van der Waals surface area contributed by atoms with Gasteiger partial charge in [0.15, 0.2) is 0 Å². The molecule has 0 aliphatic carbocycles. The first-order chi connectivity index (χ1) is 10.8. The summed E-state index contributed by atoms with van der Waals surface area (Å²) in [5.74, 6) is 0. The van der Waals surface area contributed by atoms with Crippen molar-refractivity contribution in [1.82, 2.24) is 0 Å². The van der Waals surface area contributed by atoms with Gasteiger partial charge in [-0.3, -0.25) is 0 Å². The van der Waals surface area contributed by atoms with Gasteiger partial charge in [0.25, 0.3) is 0 Å². The fourth-order valence-corrected chi connectivity index (χ4v) is 1.91. The third-order valence-corrected chi connectivity index (χ3v) is 3.21. The van der Waals surface area contributed by atoms with E-state index >= 15 is 0 Å². The normalized spacial score (nSPS) is 10.3. The van der Waals surface area contributed by atoms with Crippen molar-refractivity contribution in [2.24, 2.45) is 0 Å². The average molecular weight is 420 g/mol. The Morgan fingerprint density at radius 1 is 0.609 bits per heavy atom. The van der Waals surface area contributed by atoms with Crippen molar-refractivity contribution >= 4 is 0 Å². The van der Waals surface area contributed by atoms with Crippen LogP contribution in [0.3, 0.4) is 0 Å². The minimum absolute atomic E-state index is 1.12. The van der Waals surface area contributed by atoms with Gasteiger partial charge in [-0.25, -0.2) is 0 Å².